The summed E-state index contributed by atoms with van der Waals surface area (Å²) in [5.41, 5.74) is 1.16. The Morgan fingerprint density at radius 2 is 2.10 bits per heavy atom. The number of aromatic nitrogens is 1. The molecule has 1 aromatic heterocycles. The predicted octanol–water partition coefficient (Wildman–Crippen LogP) is 3.33. The third kappa shape index (κ3) is 3.81. The van der Waals surface area contributed by atoms with Crippen LogP contribution in [0, 0.1) is 6.92 Å². The Balaban J connectivity index is 1.48. The fourth-order valence-corrected chi connectivity index (χ4v) is 3.06. The lowest BCUT2D eigenvalue weighted by Crippen LogP contribution is -2.14. The lowest BCUT2D eigenvalue weighted by molar-refractivity contribution is 0.321. The Hall–Kier alpha value is -1.39. The summed E-state index contributed by atoms with van der Waals surface area (Å²) in [4.78, 5) is 6.01. The molecule has 0 unspecified atom stereocenters. The van der Waals surface area contributed by atoms with E-state index < -0.39 is 0 Å². The van der Waals surface area contributed by atoms with E-state index in [4.69, 9.17) is 4.74 Å². The van der Waals surface area contributed by atoms with Crippen molar-refractivity contribution in [1.29, 1.82) is 0 Å². The molecule has 1 N–H and O–H groups in total. The first kappa shape index (κ1) is 13.6. The van der Waals surface area contributed by atoms with Crippen LogP contribution in [0.5, 0.6) is 5.75 Å². The zero-order chi connectivity index (χ0) is 13.8. The zero-order valence-corrected chi connectivity index (χ0v) is 12.6. The summed E-state index contributed by atoms with van der Waals surface area (Å²) in [6.07, 6.45) is 3.54. The van der Waals surface area contributed by atoms with Crippen LogP contribution in [0.3, 0.4) is 0 Å². The van der Waals surface area contributed by atoms with E-state index >= 15 is 0 Å². The molecule has 0 bridgehead atoms. The molecule has 1 aliphatic carbocycles. The fourth-order valence-electron chi connectivity index (χ4n) is 2.06. The lowest BCUT2D eigenvalue weighted by Gasteiger charge is -2.03. The van der Waals surface area contributed by atoms with Crippen LogP contribution in [0.4, 0.5) is 0 Å². The van der Waals surface area contributed by atoms with Crippen molar-refractivity contribution in [2.45, 2.75) is 38.8 Å². The van der Waals surface area contributed by atoms with Gasteiger partial charge in [0.05, 0.1) is 17.3 Å². The van der Waals surface area contributed by atoms with Gasteiger partial charge in [-0.25, -0.2) is 4.98 Å². The topological polar surface area (TPSA) is 34.1 Å². The fraction of sp³-hybridized carbons (Fsp3) is 0.438. The number of hydrogen-bond donors (Lipinski definition) is 1. The Morgan fingerprint density at radius 3 is 2.85 bits per heavy atom. The number of aryl methyl sites for hydroxylation is 1. The number of para-hydroxylation sites is 1. The van der Waals surface area contributed by atoms with Gasteiger partial charge in [-0.2, -0.15) is 0 Å². The van der Waals surface area contributed by atoms with Gasteiger partial charge in [0.15, 0.2) is 0 Å². The Kier molecular flexibility index (Phi) is 4.33. The van der Waals surface area contributed by atoms with Crippen LogP contribution in [-0.2, 0) is 13.0 Å². The van der Waals surface area contributed by atoms with Gasteiger partial charge in [-0.3, -0.25) is 0 Å². The molecule has 0 atom stereocenters. The second kappa shape index (κ2) is 6.37. The molecule has 0 spiro atoms. The van der Waals surface area contributed by atoms with Gasteiger partial charge in [-0.05, 0) is 31.9 Å². The van der Waals surface area contributed by atoms with Gasteiger partial charge < -0.3 is 10.1 Å². The molecule has 0 radical (unpaired) electrons. The molecule has 2 aromatic rings. The molecule has 1 aromatic carbocycles. The average Bonchev–Trinajstić information content (AvgIpc) is 3.22. The van der Waals surface area contributed by atoms with Crippen molar-refractivity contribution in [3.63, 3.8) is 0 Å². The summed E-state index contributed by atoms with van der Waals surface area (Å²) in [5.74, 6) is 0.927. The monoisotopic (exact) mass is 288 g/mol. The average molecular weight is 288 g/mol. The van der Waals surface area contributed by atoms with Gasteiger partial charge >= 0.3 is 0 Å². The molecule has 20 heavy (non-hydrogen) atoms. The molecule has 3 nitrogen and oxygen atoms in total. The largest absolute Gasteiger partial charge is 0.493 e. The highest BCUT2D eigenvalue weighted by molar-refractivity contribution is 7.11. The van der Waals surface area contributed by atoms with Crippen LogP contribution in [0.1, 0.15) is 28.4 Å². The predicted molar refractivity (Wildman–Crippen MR) is 82.4 cm³/mol. The second-order valence-electron chi connectivity index (χ2n) is 5.18. The van der Waals surface area contributed by atoms with Gasteiger partial charge in [0.1, 0.15) is 5.75 Å². The lowest BCUT2D eigenvalue weighted by atomic mass is 10.3. The van der Waals surface area contributed by atoms with Crippen molar-refractivity contribution in [2.24, 2.45) is 0 Å². The van der Waals surface area contributed by atoms with E-state index in [0.29, 0.717) is 6.61 Å². The highest BCUT2D eigenvalue weighted by Gasteiger charge is 2.20. The van der Waals surface area contributed by atoms with Crippen molar-refractivity contribution in [3.8, 4) is 5.75 Å². The standard InChI is InChI=1S/C16H20N2OS/c1-12-15(11-17-13-7-8-13)20-16(18-12)9-10-19-14-5-3-2-4-6-14/h2-6,13,17H,7-11H2,1H3. The van der Waals surface area contributed by atoms with Crippen LogP contribution in [0.2, 0.25) is 0 Å². The van der Waals surface area contributed by atoms with Gasteiger partial charge in [0.25, 0.3) is 0 Å². The van der Waals surface area contributed by atoms with Crippen LogP contribution in [0.15, 0.2) is 30.3 Å². The molecular weight excluding hydrogens is 268 g/mol. The van der Waals surface area contributed by atoms with Crippen LogP contribution in [0.25, 0.3) is 0 Å². The van der Waals surface area contributed by atoms with E-state index in [-0.39, 0.29) is 0 Å². The van der Waals surface area contributed by atoms with Crippen molar-refractivity contribution >= 4 is 11.3 Å². The number of ether oxygens (including phenoxy) is 1. The molecule has 1 saturated carbocycles. The maximum Gasteiger partial charge on any atom is 0.119 e. The molecule has 3 rings (SSSR count). The molecule has 0 saturated heterocycles. The minimum absolute atomic E-state index is 0.687. The van der Waals surface area contributed by atoms with E-state index in [9.17, 15) is 0 Å². The second-order valence-corrected chi connectivity index (χ2v) is 6.35. The van der Waals surface area contributed by atoms with Crippen molar-refractivity contribution in [3.05, 3.63) is 45.9 Å². The van der Waals surface area contributed by atoms with E-state index in [0.717, 1.165) is 30.5 Å². The first-order chi connectivity index (χ1) is 9.81. The van der Waals surface area contributed by atoms with E-state index in [2.05, 4.69) is 17.2 Å². The van der Waals surface area contributed by atoms with Gasteiger partial charge in [0.2, 0.25) is 0 Å². The van der Waals surface area contributed by atoms with Gasteiger partial charge in [-0.15, -0.1) is 11.3 Å². The molecule has 4 heteroatoms. The molecule has 1 aliphatic rings. The first-order valence-corrected chi connectivity index (χ1v) is 7.99. The SMILES string of the molecule is Cc1nc(CCOc2ccccc2)sc1CNC1CC1. The summed E-state index contributed by atoms with van der Waals surface area (Å²) in [5, 5.41) is 4.72. The zero-order valence-electron chi connectivity index (χ0n) is 11.8. The van der Waals surface area contributed by atoms with Crippen LogP contribution < -0.4 is 10.1 Å². The number of rotatable bonds is 7. The normalized spacial score (nSPS) is 14.4. The first-order valence-electron chi connectivity index (χ1n) is 7.17. The quantitative estimate of drug-likeness (QED) is 0.848. The number of nitrogens with zero attached hydrogens (tertiary/aromatic N) is 1. The van der Waals surface area contributed by atoms with Crippen LogP contribution >= 0.6 is 11.3 Å². The maximum atomic E-state index is 5.72. The van der Waals surface area contributed by atoms with Gasteiger partial charge in [-0.1, -0.05) is 18.2 Å². The summed E-state index contributed by atoms with van der Waals surface area (Å²) < 4.78 is 5.72. The minimum atomic E-state index is 0.687. The molecular formula is C16H20N2OS. The Bertz CT molecular complexity index is 549. The summed E-state index contributed by atoms with van der Waals surface area (Å²) in [6, 6.07) is 10.7. The van der Waals surface area contributed by atoms with Crippen molar-refractivity contribution < 1.29 is 4.74 Å². The Labute approximate surface area is 124 Å². The van der Waals surface area contributed by atoms with E-state index in [1.165, 1.54) is 22.7 Å². The smallest absolute Gasteiger partial charge is 0.119 e. The Morgan fingerprint density at radius 1 is 1.30 bits per heavy atom. The highest BCUT2D eigenvalue weighted by atomic mass is 32.1. The maximum absolute atomic E-state index is 5.72. The summed E-state index contributed by atoms with van der Waals surface area (Å²) in [6.45, 7) is 3.75. The summed E-state index contributed by atoms with van der Waals surface area (Å²) >= 11 is 1.81. The molecule has 106 valence electrons. The third-order valence-electron chi connectivity index (χ3n) is 3.39. The van der Waals surface area contributed by atoms with E-state index in [1.807, 2.05) is 41.7 Å². The number of nitrogens with one attached hydrogen (secondary N) is 1. The molecule has 1 heterocycles. The third-order valence-corrected chi connectivity index (χ3v) is 4.61. The van der Waals surface area contributed by atoms with Crippen LogP contribution in [-0.4, -0.2) is 17.6 Å². The number of benzene rings is 1. The van der Waals surface area contributed by atoms with Gasteiger partial charge in [0, 0.05) is 23.9 Å². The van der Waals surface area contributed by atoms with Crippen molar-refractivity contribution in [1.82, 2.24) is 10.3 Å². The molecule has 1 fully saturated rings. The molecule has 0 aliphatic heterocycles. The summed E-state index contributed by atoms with van der Waals surface area (Å²) in [7, 11) is 0. The number of thiazole rings is 1. The number of hydrogen-bond acceptors (Lipinski definition) is 4. The van der Waals surface area contributed by atoms with Crippen molar-refractivity contribution in [2.75, 3.05) is 6.61 Å². The van der Waals surface area contributed by atoms with E-state index in [1.54, 1.807) is 0 Å². The minimum Gasteiger partial charge on any atom is -0.493 e. The molecule has 0 amide bonds. The highest BCUT2D eigenvalue weighted by Crippen LogP contribution is 2.23.